The minimum atomic E-state index is -1.24. The fourth-order valence-electron chi connectivity index (χ4n) is 6.35. The Morgan fingerprint density at radius 2 is 1.38 bits per heavy atom. The molecule has 0 heterocycles. The van der Waals surface area contributed by atoms with Crippen LogP contribution in [0.25, 0.3) is 0 Å². The van der Waals surface area contributed by atoms with Crippen LogP contribution in [0.2, 0.25) is 0 Å². The van der Waals surface area contributed by atoms with E-state index in [-0.39, 0.29) is 5.75 Å². The van der Waals surface area contributed by atoms with Crippen LogP contribution in [0.4, 0.5) is 8.78 Å². The zero-order valence-corrected chi connectivity index (χ0v) is 28.1. The Labute approximate surface area is 272 Å². The molecule has 0 radical (unpaired) electrons. The topological polar surface area (TPSA) is 35.5 Å². The summed E-state index contributed by atoms with van der Waals surface area (Å²) in [7, 11) is 0. The molecule has 0 spiro atoms. The summed E-state index contributed by atoms with van der Waals surface area (Å²) in [6.45, 7) is 4.82. The van der Waals surface area contributed by atoms with Gasteiger partial charge in [0, 0.05) is 0 Å². The molecule has 0 bridgehead atoms. The number of hydrogen-bond acceptors (Lipinski definition) is 3. The number of hydrogen-bond donors (Lipinski definition) is 0. The number of carbonyl (C=O) groups excluding carboxylic acids is 1. The highest BCUT2D eigenvalue weighted by atomic mass is 19.2. The van der Waals surface area contributed by atoms with Crippen molar-refractivity contribution in [3.63, 3.8) is 0 Å². The van der Waals surface area contributed by atoms with Gasteiger partial charge in [0.25, 0.3) is 0 Å². The van der Waals surface area contributed by atoms with Crippen LogP contribution < -0.4 is 9.47 Å². The smallest absolute Gasteiger partial charge is 0.346 e. The molecule has 0 amide bonds. The van der Waals surface area contributed by atoms with Gasteiger partial charge in [-0.3, -0.25) is 0 Å². The van der Waals surface area contributed by atoms with Gasteiger partial charge in [0.05, 0.1) is 12.2 Å². The van der Waals surface area contributed by atoms with Crippen LogP contribution >= 0.6 is 0 Å². The van der Waals surface area contributed by atoms with Gasteiger partial charge in [-0.2, -0.15) is 4.39 Å². The normalized spacial score (nSPS) is 16.7. The second-order valence-electron chi connectivity index (χ2n) is 13.0. The lowest BCUT2D eigenvalue weighted by atomic mass is 9.79. The van der Waals surface area contributed by atoms with Crippen molar-refractivity contribution in [1.82, 2.24) is 0 Å². The third-order valence-electron chi connectivity index (χ3n) is 9.27. The summed E-state index contributed by atoms with van der Waals surface area (Å²) in [6.07, 6.45) is 29.3. The summed E-state index contributed by atoms with van der Waals surface area (Å²) in [5.74, 6) is -1.55. The Morgan fingerprint density at radius 3 is 2.04 bits per heavy atom. The van der Waals surface area contributed by atoms with Crippen LogP contribution in [0, 0.1) is 23.5 Å². The fraction of sp³-hybridized carbons (Fsp3) is 0.625. The van der Waals surface area contributed by atoms with Crippen LogP contribution in [0.3, 0.4) is 0 Å². The number of carbonyl (C=O) groups is 1. The average molecular weight is 625 g/mol. The largest absolute Gasteiger partial charge is 0.490 e. The number of rotatable bonds is 22. The van der Waals surface area contributed by atoms with E-state index in [1.165, 1.54) is 108 Å². The Balaban J connectivity index is 1.33. The first kappa shape index (κ1) is 36.8. The van der Waals surface area contributed by atoms with Crippen LogP contribution in [-0.4, -0.2) is 12.6 Å². The van der Waals surface area contributed by atoms with Crippen molar-refractivity contribution in [2.75, 3.05) is 6.61 Å². The maximum absolute atomic E-state index is 14.7. The third-order valence-corrected chi connectivity index (χ3v) is 9.27. The Hall–Kier alpha value is -2.69. The van der Waals surface area contributed by atoms with Gasteiger partial charge in [0.2, 0.25) is 5.82 Å². The van der Waals surface area contributed by atoms with Gasteiger partial charge >= 0.3 is 5.97 Å². The van der Waals surface area contributed by atoms with Gasteiger partial charge in [-0.1, -0.05) is 122 Å². The quantitative estimate of drug-likeness (QED) is 0.0566. The van der Waals surface area contributed by atoms with E-state index < -0.39 is 23.2 Å². The molecule has 0 N–H and O–H groups in total. The van der Waals surface area contributed by atoms with E-state index in [0.29, 0.717) is 18.3 Å². The highest BCUT2D eigenvalue weighted by Gasteiger charge is 2.21. The molecule has 2 aromatic carbocycles. The third kappa shape index (κ3) is 14.1. The van der Waals surface area contributed by atoms with Gasteiger partial charge in [-0.05, 0) is 86.6 Å². The van der Waals surface area contributed by atoms with Crippen molar-refractivity contribution in [3.8, 4) is 11.5 Å². The van der Waals surface area contributed by atoms with Crippen LogP contribution in [0.1, 0.15) is 152 Å². The zero-order valence-electron chi connectivity index (χ0n) is 28.1. The Morgan fingerprint density at radius 1 is 0.756 bits per heavy atom. The minimum Gasteiger partial charge on any atom is -0.490 e. The van der Waals surface area contributed by atoms with Gasteiger partial charge < -0.3 is 9.47 Å². The van der Waals surface area contributed by atoms with Crippen molar-refractivity contribution >= 4 is 5.97 Å². The van der Waals surface area contributed by atoms with E-state index in [0.717, 1.165) is 43.6 Å². The average Bonchev–Trinajstić information content (AvgIpc) is 3.05. The van der Waals surface area contributed by atoms with Gasteiger partial charge in [0.1, 0.15) is 5.75 Å². The molecule has 5 heteroatoms. The maximum Gasteiger partial charge on any atom is 0.346 e. The van der Waals surface area contributed by atoms with Crippen molar-refractivity contribution < 1.29 is 23.0 Å². The van der Waals surface area contributed by atoms with E-state index >= 15 is 0 Å². The summed E-state index contributed by atoms with van der Waals surface area (Å²) >= 11 is 0. The highest BCUT2D eigenvalue weighted by molar-refractivity contribution is 5.91. The molecule has 2 aromatic rings. The molecule has 0 aromatic heterocycles. The molecule has 1 aliphatic carbocycles. The number of ether oxygens (including phenoxy) is 2. The van der Waals surface area contributed by atoms with Gasteiger partial charge in [-0.15, -0.1) is 0 Å². The second-order valence-corrected chi connectivity index (χ2v) is 13.0. The van der Waals surface area contributed by atoms with E-state index in [1.807, 2.05) is 12.1 Å². The molecule has 3 nitrogen and oxygen atoms in total. The monoisotopic (exact) mass is 624 g/mol. The summed E-state index contributed by atoms with van der Waals surface area (Å²) in [5.41, 5.74) is 0.697. The van der Waals surface area contributed by atoms with E-state index in [4.69, 9.17) is 9.47 Å². The number of halogens is 2. The van der Waals surface area contributed by atoms with Crippen LogP contribution in [0.5, 0.6) is 11.5 Å². The first-order valence-corrected chi connectivity index (χ1v) is 18.1. The van der Waals surface area contributed by atoms with E-state index in [9.17, 15) is 13.6 Å². The second kappa shape index (κ2) is 21.9. The van der Waals surface area contributed by atoms with Crippen molar-refractivity contribution in [2.24, 2.45) is 11.8 Å². The predicted molar refractivity (Wildman–Crippen MR) is 182 cm³/mol. The molecular formula is C40H58F2O3. The molecule has 1 fully saturated rings. The van der Waals surface area contributed by atoms with Gasteiger partial charge in [-0.25, -0.2) is 9.18 Å². The number of unbranched alkanes of at least 4 members (excludes halogenated alkanes) is 11. The predicted octanol–water partition coefficient (Wildman–Crippen LogP) is 12.4. The standard InChI is InChI=1S/C40H58F2O3/c1-3-5-7-8-9-10-11-12-13-17-31-44-37-30-29-36(38(41)39(37)42)40(43)45-35-27-25-34(26-28-35)20-16-15-19-33-23-21-32(22-24-33)18-14-6-4-2/h15,19,25-30,32-33H,3-14,16-18,20-24,31H2,1-2H3/b19-15+. The molecular weight excluding hydrogens is 566 g/mol. The van der Waals surface area contributed by atoms with E-state index in [2.05, 4.69) is 26.0 Å². The Bertz CT molecular complexity index is 1120. The van der Waals surface area contributed by atoms with E-state index in [1.54, 1.807) is 12.1 Å². The first-order chi connectivity index (χ1) is 22.0. The summed E-state index contributed by atoms with van der Waals surface area (Å²) in [4.78, 5) is 12.6. The van der Waals surface area contributed by atoms with Crippen LogP contribution in [-0.2, 0) is 6.42 Å². The Kier molecular flexibility index (Phi) is 17.9. The molecule has 0 unspecified atom stereocenters. The molecule has 0 saturated heterocycles. The summed E-state index contributed by atoms with van der Waals surface area (Å²) < 4.78 is 40.2. The number of benzene rings is 2. The minimum absolute atomic E-state index is 0.173. The molecule has 250 valence electrons. The van der Waals surface area contributed by atoms with Gasteiger partial charge in [0.15, 0.2) is 11.6 Å². The lowest BCUT2D eigenvalue weighted by molar-refractivity contribution is 0.0728. The zero-order chi connectivity index (χ0) is 32.1. The SMILES string of the molecule is CCCCCCCCCCCCOc1ccc(C(=O)Oc2ccc(CC/C=C/C3CCC(CCCCC)CC3)cc2)c(F)c1F. The molecule has 45 heavy (non-hydrogen) atoms. The van der Waals surface area contributed by atoms with Crippen molar-refractivity contribution in [3.05, 3.63) is 71.3 Å². The molecule has 1 aliphatic rings. The maximum atomic E-state index is 14.7. The number of esters is 1. The molecule has 0 atom stereocenters. The van der Waals surface area contributed by atoms with Crippen molar-refractivity contribution in [1.29, 1.82) is 0 Å². The molecule has 3 rings (SSSR count). The molecule has 0 aliphatic heterocycles. The molecule has 1 saturated carbocycles. The summed E-state index contributed by atoms with van der Waals surface area (Å²) in [5, 5.41) is 0. The lowest BCUT2D eigenvalue weighted by Crippen LogP contribution is -2.13. The first-order valence-electron chi connectivity index (χ1n) is 18.1. The van der Waals surface area contributed by atoms with Crippen molar-refractivity contribution in [2.45, 2.75) is 142 Å². The number of aryl methyl sites for hydroxylation is 1. The highest BCUT2D eigenvalue weighted by Crippen LogP contribution is 2.33. The summed E-state index contributed by atoms with van der Waals surface area (Å²) in [6, 6.07) is 9.78. The number of allylic oxidation sites excluding steroid dienone is 2. The lowest BCUT2D eigenvalue weighted by Gasteiger charge is -2.26. The van der Waals surface area contributed by atoms with Crippen LogP contribution in [0.15, 0.2) is 48.6 Å². The fourth-order valence-corrected chi connectivity index (χ4v) is 6.35.